The van der Waals surface area contributed by atoms with Gasteiger partial charge in [0.15, 0.2) is 6.04 Å². The van der Waals surface area contributed by atoms with Crippen molar-refractivity contribution in [1.29, 1.82) is 0 Å². The number of amides is 1. The molecule has 0 spiro atoms. The molecule has 0 saturated heterocycles. The van der Waals surface area contributed by atoms with Crippen LogP contribution in [0.5, 0.6) is 0 Å². The third kappa shape index (κ3) is 4.08. The van der Waals surface area contributed by atoms with E-state index in [0.29, 0.717) is 18.0 Å². The van der Waals surface area contributed by atoms with Crippen LogP contribution in [-0.4, -0.2) is 28.4 Å². The van der Waals surface area contributed by atoms with Gasteiger partial charge in [0.1, 0.15) is 0 Å². The number of aliphatic carboxylic acids is 1. The molecule has 0 saturated carbocycles. The summed E-state index contributed by atoms with van der Waals surface area (Å²) in [4.78, 5) is 24.4. The lowest BCUT2D eigenvalue weighted by Gasteiger charge is -2.27. The summed E-state index contributed by atoms with van der Waals surface area (Å²) in [6, 6.07) is 6.59. The van der Waals surface area contributed by atoms with E-state index in [1.165, 1.54) is 17.4 Å². The van der Waals surface area contributed by atoms with Crippen LogP contribution in [0.25, 0.3) is 0 Å². The van der Waals surface area contributed by atoms with Crippen LogP contribution in [0.15, 0.2) is 24.3 Å². The monoisotopic (exact) mass is 277 g/mol. The van der Waals surface area contributed by atoms with Crippen molar-refractivity contribution in [1.82, 2.24) is 4.90 Å². The summed E-state index contributed by atoms with van der Waals surface area (Å²) in [5, 5.41) is 9.40. The van der Waals surface area contributed by atoms with Crippen molar-refractivity contribution in [2.24, 2.45) is 5.92 Å². The lowest BCUT2D eigenvalue weighted by molar-refractivity contribution is -0.149. The molecule has 1 aromatic rings. The van der Waals surface area contributed by atoms with E-state index in [1.807, 2.05) is 24.3 Å². The van der Waals surface area contributed by atoms with E-state index in [9.17, 15) is 14.7 Å². The molecule has 0 heterocycles. The van der Waals surface area contributed by atoms with Crippen molar-refractivity contribution >= 4 is 11.9 Å². The second kappa shape index (κ2) is 7.08. The zero-order valence-corrected chi connectivity index (χ0v) is 12.6. The number of carboxylic acids is 1. The van der Waals surface area contributed by atoms with Crippen LogP contribution < -0.4 is 0 Å². The van der Waals surface area contributed by atoms with Gasteiger partial charge in [-0.3, -0.25) is 4.79 Å². The number of likely N-dealkylation sites (N-methyl/N-ethyl adjacent to an activating group) is 1. The second-order valence-corrected chi connectivity index (χ2v) is 5.39. The molecule has 0 fully saturated rings. The average molecular weight is 277 g/mol. The van der Waals surface area contributed by atoms with Crippen LogP contribution in [0.1, 0.15) is 44.9 Å². The number of hydrogen-bond donors (Lipinski definition) is 1. The van der Waals surface area contributed by atoms with Crippen molar-refractivity contribution < 1.29 is 14.7 Å². The van der Waals surface area contributed by atoms with Gasteiger partial charge in [-0.05, 0) is 30.4 Å². The highest BCUT2D eigenvalue weighted by Crippen LogP contribution is 2.22. The molecule has 1 aromatic carbocycles. The fraction of sp³-hybridized carbons (Fsp3) is 0.500. The van der Waals surface area contributed by atoms with Crippen molar-refractivity contribution in [2.45, 2.75) is 40.2 Å². The predicted octanol–water partition coefficient (Wildman–Crippen LogP) is 2.88. The summed E-state index contributed by atoms with van der Waals surface area (Å²) in [6.07, 6.45) is 0.961. The molecule has 1 rings (SSSR count). The Balaban J connectivity index is 3.04. The van der Waals surface area contributed by atoms with E-state index in [2.05, 4.69) is 13.8 Å². The molecule has 110 valence electrons. The van der Waals surface area contributed by atoms with Gasteiger partial charge in [0.2, 0.25) is 5.91 Å². The molecule has 1 unspecified atom stereocenters. The Morgan fingerprint density at radius 1 is 1.20 bits per heavy atom. The Bertz CT molecular complexity index is 465. The SMILES string of the molecule is CCN(C(C)=O)C(C(=O)O)c1ccc(CC(C)C)cc1. The van der Waals surface area contributed by atoms with Gasteiger partial charge >= 0.3 is 5.97 Å². The third-order valence-corrected chi connectivity index (χ3v) is 3.23. The summed E-state index contributed by atoms with van der Waals surface area (Å²) >= 11 is 0. The van der Waals surface area contributed by atoms with Crippen molar-refractivity contribution in [3.63, 3.8) is 0 Å². The van der Waals surface area contributed by atoms with Crippen molar-refractivity contribution in [2.75, 3.05) is 6.54 Å². The molecule has 1 atom stereocenters. The largest absolute Gasteiger partial charge is 0.479 e. The summed E-state index contributed by atoms with van der Waals surface area (Å²) in [5.41, 5.74) is 1.82. The van der Waals surface area contributed by atoms with Crippen LogP contribution in [0.3, 0.4) is 0 Å². The van der Waals surface area contributed by atoms with Crippen molar-refractivity contribution in [3.8, 4) is 0 Å². The Kier molecular flexibility index (Phi) is 5.74. The minimum absolute atomic E-state index is 0.230. The first-order chi connectivity index (χ1) is 9.36. The number of rotatable bonds is 6. The molecule has 0 aromatic heterocycles. The minimum Gasteiger partial charge on any atom is -0.479 e. The van der Waals surface area contributed by atoms with Crippen LogP contribution >= 0.6 is 0 Å². The van der Waals surface area contributed by atoms with Gasteiger partial charge in [0, 0.05) is 13.5 Å². The highest BCUT2D eigenvalue weighted by molar-refractivity contribution is 5.83. The summed E-state index contributed by atoms with van der Waals surface area (Å²) < 4.78 is 0. The maximum atomic E-state index is 11.6. The van der Waals surface area contributed by atoms with Gasteiger partial charge < -0.3 is 10.0 Å². The first-order valence-electron chi connectivity index (χ1n) is 6.95. The van der Waals surface area contributed by atoms with Crippen molar-refractivity contribution in [3.05, 3.63) is 35.4 Å². The number of nitrogens with zero attached hydrogens (tertiary/aromatic N) is 1. The molecule has 20 heavy (non-hydrogen) atoms. The molecule has 0 bridgehead atoms. The molecule has 4 nitrogen and oxygen atoms in total. The topological polar surface area (TPSA) is 57.6 Å². The number of hydrogen-bond acceptors (Lipinski definition) is 2. The Labute approximate surface area is 120 Å². The van der Waals surface area contributed by atoms with Gasteiger partial charge in [0.05, 0.1) is 0 Å². The van der Waals surface area contributed by atoms with Gasteiger partial charge in [-0.1, -0.05) is 38.1 Å². The summed E-state index contributed by atoms with van der Waals surface area (Å²) in [6.45, 7) is 7.84. The molecule has 0 aliphatic rings. The summed E-state index contributed by atoms with van der Waals surface area (Å²) in [5.74, 6) is -0.676. The Morgan fingerprint density at radius 2 is 1.75 bits per heavy atom. The normalized spacial score (nSPS) is 12.2. The zero-order valence-electron chi connectivity index (χ0n) is 12.6. The molecule has 0 radical (unpaired) electrons. The van der Waals surface area contributed by atoms with Gasteiger partial charge in [-0.2, -0.15) is 0 Å². The quantitative estimate of drug-likeness (QED) is 0.869. The van der Waals surface area contributed by atoms with Crippen LogP contribution in [0, 0.1) is 5.92 Å². The molecule has 1 N–H and O–H groups in total. The van der Waals surface area contributed by atoms with Gasteiger partial charge in [0.25, 0.3) is 0 Å². The Morgan fingerprint density at radius 3 is 2.10 bits per heavy atom. The Hall–Kier alpha value is -1.84. The number of carbonyl (C=O) groups excluding carboxylic acids is 1. The average Bonchev–Trinajstić information content (AvgIpc) is 2.35. The molecular formula is C16H23NO3. The predicted molar refractivity (Wildman–Crippen MR) is 78.4 cm³/mol. The minimum atomic E-state index is -1.00. The van der Waals surface area contributed by atoms with E-state index in [1.54, 1.807) is 6.92 Å². The standard InChI is InChI=1S/C16H23NO3/c1-5-17(12(4)18)15(16(19)20)14-8-6-13(7-9-14)10-11(2)3/h6-9,11,15H,5,10H2,1-4H3,(H,19,20). The first kappa shape index (κ1) is 16.2. The van der Waals surface area contributed by atoms with Gasteiger partial charge in [-0.15, -0.1) is 0 Å². The van der Waals surface area contributed by atoms with E-state index < -0.39 is 12.0 Å². The van der Waals surface area contributed by atoms with E-state index in [4.69, 9.17) is 0 Å². The van der Waals surface area contributed by atoms with Crippen LogP contribution in [0.4, 0.5) is 0 Å². The van der Waals surface area contributed by atoms with Crippen LogP contribution in [-0.2, 0) is 16.0 Å². The summed E-state index contributed by atoms with van der Waals surface area (Å²) in [7, 11) is 0. The highest BCUT2D eigenvalue weighted by Gasteiger charge is 2.28. The molecule has 1 amide bonds. The maximum absolute atomic E-state index is 11.6. The fourth-order valence-corrected chi connectivity index (χ4v) is 2.35. The number of benzene rings is 1. The second-order valence-electron chi connectivity index (χ2n) is 5.39. The highest BCUT2D eigenvalue weighted by atomic mass is 16.4. The lowest BCUT2D eigenvalue weighted by Crippen LogP contribution is -2.37. The number of carbonyl (C=O) groups is 2. The van der Waals surface area contributed by atoms with Crippen LogP contribution in [0.2, 0.25) is 0 Å². The van der Waals surface area contributed by atoms with E-state index in [-0.39, 0.29) is 5.91 Å². The molecule has 4 heteroatoms. The maximum Gasteiger partial charge on any atom is 0.331 e. The molecule has 0 aliphatic heterocycles. The fourth-order valence-electron chi connectivity index (χ4n) is 2.35. The zero-order chi connectivity index (χ0) is 15.3. The third-order valence-electron chi connectivity index (χ3n) is 3.23. The van der Waals surface area contributed by atoms with Gasteiger partial charge in [-0.25, -0.2) is 4.79 Å². The molecular weight excluding hydrogens is 254 g/mol. The van der Waals surface area contributed by atoms with E-state index >= 15 is 0 Å². The lowest BCUT2D eigenvalue weighted by atomic mass is 9.98. The number of carboxylic acid groups (broad SMARTS) is 1. The molecule has 0 aliphatic carbocycles. The van der Waals surface area contributed by atoms with E-state index in [0.717, 1.165) is 6.42 Å². The first-order valence-corrected chi connectivity index (χ1v) is 6.95. The smallest absolute Gasteiger partial charge is 0.331 e.